The fourth-order valence-corrected chi connectivity index (χ4v) is 3.79. The summed E-state index contributed by atoms with van der Waals surface area (Å²) in [6.45, 7) is 2.15. The van der Waals surface area contributed by atoms with E-state index in [1.165, 1.54) is 5.56 Å². The Morgan fingerprint density at radius 2 is 1.89 bits per heavy atom. The van der Waals surface area contributed by atoms with Crippen LogP contribution in [0.25, 0.3) is 0 Å². The monoisotopic (exact) mass is 370 g/mol. The smallest absolute Gasteiger partial charge is 0.220 e. The zero-order chi connectivity index (χ0) is 19.1. The molecule has 5 nitrogen and oxygen atoms in total. The van der Waals surface area contributed by atoms with Crippen LogP contribution in [0.15, 0.2) is 53.1 Å². The summed E-state index contributed by atoms with van der Waals surface area (Å²) < 4.78 is 11.1. The van der Waals surface area contributed by atoms with Crippen LogP contribution in [0.4, 0.5) is 0 Å². The molecule has 0 bridgehead atoms. The van der Waals surface area contributed by atoms with Crippen LogP contribution < -0.4 is 5.32 Å². The van der Waals surface area contributed by atoms with Crippen LogP contribution in [0.2, 0.25) is 0 Å². The van der Waals surface area contributed by atoms with E-state index in [0.717, 1.165) is 38.2 Å². The van der Waals surface area contributed by atoms with E-state index in [1.54, 1.807) is 6.26 Å². The summed E-state index contributed by atoms with van der Waals surface area (Å²) in [4.78, 5) is 15.0. The second-order valence-corrected chi connectivity index (χ2v) is 7.61. The molecule has 1 N–H and O–H groups in total. The maximum Gasteiger partial charge on any atom is 0.220 e. The van der Waals surface area contributed by atoms with Crippen molar-refractivity contribution in [2.75, 3.05) is 33.9 Å². The lowest BCUT2D eigenvalue weighted by molar-refractivity contribution is -0.122. The Balaban J connectivity index is 1.62. The van der Waals surface area contributed by atoms with E-state index < -0.39 is 0 Å². The molecule has 1 aliphatic rings. The third-order valence-electron chi connectivity index (χ3n) is 5.69. The third kappa shape index (κ3) is 5.21. The minimum atomic E-state index is -0.0203. The Morgan fingerprint density at radius 1 is 1.15 bits per heavy atom. The molecule has 2 heterocycles. The minimum absolute atomic E-state index is 0.0203. The van der Waals surface area contributed by atoms with E-state index in [-0.39, 0.29) is 17.4 Å². The van der Waals surface area contributed by atoms with E-state index in [9.17, 15) is 4.79 Å². The second-order valence-electron chi connectivity index (χ2n) is 7.61. The molecule has 1 aliphatic heterocycles. The number of furan rings is 1. The average molecular weight is 370 g/mol. The molecule has 1 atom stereocenters. The molecule has 1 aromatic heterocycles. The summed E-state index contributed by atoms with van der Waals surface area (Å²) in [7, 11) is 4.16. The predicted octanol–water partition coefficient (Wildman–Crippen LogP) is 3.22. The minimum Gasteiger partial charge on any atom is -0.469 e. The van der Waals surface area contributed by atoms with Gasteiger partial charge in [0, 0.05) is 37.6 Å². The fourth-order valence-electron chi connectivity index (χ4n) is 3.79. The van der Waals surface area contributed by atoms with Crippen LogP contribution in [0.3, 0.4) is 0 Å². The van der Waals surface area contributed by atoms with E-state index in [1.807, 2.05) is 30.3 Å². The lowest BCUT2D eigenvalue weighted by Gasteiger charge is -2.42. The molecule has 1 saturated heterocycles. The van der Waals surface area contributed by atoms with Crippen LogP contribution in [0.1, 0.15) is 36.5 Å². The summed E-state index contributed by atoms with van der Waals surface area (Å²) >= 11 is 0. The normalized spacial score (nSPS) is 17.6. The molecule has 0 saturated carbocycles. The van der Waals surface area contributed by atoms with Crippen LogP contribution in [0.5, 0.6) is 0 Å². The number of ether oxygens (including phenoxy) is 1. The molecule has 0 unspecified atom stereocenters. The lowest BCUT2D eigenvalue weighted by Crippen LogP contribution is -2.55. The van der Waals surface area contributed by atoms with Crippen molar-refractivity contribution in [3.05, 3.63) is 60.1 Å². The van der Waals surface area contributed by atoms with Crippen molar-refractivity contribution >= 4 is 5.91 Å². The Morgan fingerprint density at radius 3 is 2.52 bits per heavy atom. The summed E-state index contributed by atoms with van der Waals surface area (Å²) in [5.74, 6) is 0.967. The molecular formula is C22H30N2O3. The molecule has 0 aliphatic carbocycles. The third-order valence-corrected chi connectivity index (χ3v) is 5.69. The predicted molar refractivity (Wildman–Crippen MR) is 106 cm³/mol. The Bertz CT molecular complexity index is 692. The van der Waals surface area contributed by atoms with Crippen molar-refractivity contribution in [2.45, 2.75) is 37.1 Å². The highest BCUT2D eigenvalue weighted by molar-refractivity contribution is 5.77. The van der Waals surface area contributed by atoms with Gasteiger partial charge in [-0.1, -0.05) is 30.3 Å². The van der Waals surface area contributed by atoms with Crippen molar-refractivity contribution in [3.63, 3.8) is 0 Å². The van der Waals surface area contributed by atoms with Gasteiger partial charge in [-0.2, -0.15) is 0 Å². The van der Waals surface area contributed by atoms with Crippen molar-refractivity contribution in [3.8, 4) is 0 Å². The van der Waals surface area contributed by atoms with Crippen molar-refractivity contribution in [1.82, 2.24) is 10.2 Å². The summed E-state index contributed by atoms with van der Waals surface area (Å²) in [6, 6.07) is 14.1. The Labute approximate surface area is 161 Å². The van der Waals surface area contributed by atoms with Gasteiger partial charge in [-0.05, 0) is 51.1 Å². The van der Waals surface area contributed by atoms with Gasteiger partial charge in [0.2, 0.25) is 5.91 Å². The van der Waals surface area contributed by atoms with E-state index in [4.69, 9.17) is 9.15 Å². The number of nitrogens with zero attached hydrogens (tertiary/aromatic N) is 1. The molecule has 146 valence electrons. The zero-order valence-electron chi connectivity index (χ0n) is 16.3. The van der Waals surface area contributed by atoms with Crippen molar-refractivity contribution in [2.24, 2.45) is 0 Å². The van der Waals surface area contributed by atoms with Gasteiger partial charge in [0.05, 0.1) is 6.26 Å². The van der Waals surface area contributed by atoms with Gasteiger partial charge in [-0.15, -0.1) is 0 Å². The highest BCUT2D eigenvalue weighted by Crippen LogP contribution is 2.27. The molecule has 0 radical (unpaired) electrons. The number of amides is 1. The van der Waals surface area contributed by atoms with Gasteiger partial charge in [0.1, 0.15) is 5.76 Å². The molecule has 1 fully saturated rings. The van der Waals surface area contributed by atoms with Gasteiger partial charge in [0.15, 0.2) is 0 Å². The number of hydrogen-bond acceptors (Lipinski definition) is 4. The number of carbonyl (C=O) groups is 1. The number of rotatable bonds is 8. The average Bonchev–Trinajstić information content (AvgIpc) is 3.22. The molecule has 3 rings (SSSR count). The van der Waals surface area contributed by atoms with Gasteiger partial charge in [-0.25, -0.2) is 0 Å². The first-order valence-electron chi connectivity index (χ1n) is 9.68. The first-order valence-corrected chi connectivity index (χ1v) is 9.68. The number of benzene rings is 1. The summed E-state index contributed by atoms with van der Waals surface area (Å²) in [5, 5.41) is 3.17. The zero-order valence-corrected chi connectivity index (χ0v) is 16.3. The molecule has 27 heavy (non-hydrogen) atoms. The lowest BCUT2D eigenvalue weighted by atomic mass is 9.88. The summed E-state index contributed by atoms with van der Waals surface area (Å²) in [5.41, 5.74) is 1.19. The molecule has 5 heteroatoms. The van der Waals surface area contributed by atoms with Crippen LogP contribution in [-0.2, 0) is 16.0 Å². The Hall–Kier alpha value is -2.11. The Kier molecular flexibility index (Phi) is 6.69. The van der Waals surface area contributed by atoms with Gasteiger partial charge < -0.3 is 19.4 Å². The van der Waals surface area contributed by atoms with Gasteiger partial charge in [-0.3, -0.25) is 4.79 Å². The maximum absolute atomic E-state index is 12.7. The van der Waals surface area contributed by atoms with Crippen molar-refractivity contribution < 1.29 is 13.9 Å². The number of likely N-dealkylation sites (N-methyl/N-ethyl adjacent to an activating group) is 1. The first-order chi connectivity index (χ1) is 13.1. The van der Waals surface area contributed by atoms with E-state index >= 15 is 0 Å². The van der Waals surface area contributed by atoms with E-state index in [2.05, 4.69) is 36.4 Å². The standard InChI is InChI=1S/C22H30N2O3/c1-24(2)22(10-13-26-14-11-22)17-23-21(25)16-19(20-9-6-12-27-20)15-18-7-4-3-5-8-18/h3-9,12,19H,10-11,13-17H2,1-2H3,(H,23,25)/t19-/m1/s1. The molecular weight excluding hydrogens is 340 g/mol. The van der Waals surface area contributed by atoms with Gasteiger partial charge >= 0.3 is 0 Å². The molecule has 0 spiro atoms. The number of nitrogens with one attached hydrogen (secondary N) is 1. The van der Waals surface area contributed by atoms with Crippen LogP contribution in [0, 0.1) is 0 Å². The first kappa shape index (κ1) is 19.6. The van der Waals surface area contributed by atoms with Crippen LogP contribution >= 0.6 is 0 Å². The molecule has 1 aromatic carbocycles. The SMILES string of the molecule is CN(C)C1(CNC(=O)C[C@@H](Cc2ccccc2)c2ccco2)CCOCC1. The van der Waals surface area contributed by atoms with Crippen LogP contribution in [-0.4, -0.2) is 50.2 Å². The topological polar surface area (TPSA) is 54.7 Å². The number of hydrogen-bond donors (Lipinski definition) is 1. The van der Waals surface area contributed by atoms with Gasteiger partial charge in [0.25, 0.3) is 0 Å². The molecule has 1 amide bonds. The van der Waals surface area contributed by atoms with E-state index in [0.29, 0.717) is 13.0 Å². The second kappa shape index (κ2) is 9.20. The number of carbonyl (C=O) groups excluding carboxylic acids is 1. The highest BCUT2D eigenvalue weighted by Gasteiger charge is 2.35. The van der Waals surface area contributed by atoms with Crippen molar-refractivity contribution in [1.29, 1.82) is 0 Å². The highest BCUT2D eigenvalue weighted by atomic mass is 16.5. The molecule has 2 aromatic rings. The fraction of sp³-hybridized carbons (Fsp3) is 0.500. The maximum atomic E-state index is 12.7. The summed E-state index contributed by atoms with van der Waals surface area (Å²) in [6.07, 6.45) is 4.75. The largest absolute Gasteiger partial charge is 0.469 e. The quantitative estimate of drug-likeness (QED) is 0.775.